The molecule has 0 spiro atoms. The van der Waals surface area contributed by atoms with Gasteiger partial charge < -0.3 is 4.42 Å². The van der Waals surface area contributed by atoms with E-state index in [1.165, 1.54) is 0 Å². The number of para-hydroxylation sites is 1. The number of carbonyl (C=O) groups is 1. The van der Waals surface area contributed by atoms with Crippen molar-refractivity contribution in [3.63, 3.8) is 0 Å². The minimum Gasteiger partial charge on any atom is -0.453 e. The fraction of sp³-hybridized carbons (Fsp3) is 0. The summed E-state index contributed by atoms with van der Waals surface area (Å²) in [6.45, 7) is 0. The predicted octanol–water partition coefficient (Wildman–Crippen LogP) is 4.74. The molecule has 4 rings (SSSR count). The van der Waals surface area contributed by atoms with Crippen LogP contribution in [0.5, 0.6) is 0 Å². The first kappa shape index (κ1) is 16.2. The Morgan fingerprint density at radius 3 is 2.42 bits per heavy atom. The lowest BCUT2D eigenvalue weighted by Gasteiger charge is -2.10. The van der Waals surface area contributed by atoms with Crippen LogP contribution in [-0.4, -0.2) is 10.8 Å². The van der Waals surface area contributed by atoms with Gasteiger partial charge in [-0.1, -0.05) is 41.9 Å². The third-order valence-electron chi connectivity index (χ3n) is 4.04. The summed E-state index contributed by atoms with van der Waals surface area (Å²) in [5.74, 6) is -0.352. The van der Waals surface area contributed by atoms with Gasteiger partial charge in [-0.2, -0.15) is 0 Å². The highest BCUT2D eigenvalue weighted by Crippen LogP contribution is 2.27. The lowest BCUT2D eigenvalue weighted by Crippen LogP contribution is -2.18. The Labute approximate surface area is 153 Å². The van der Waals surface area contributed by atoms with Crippen molar-refractivity contribution in [3.05, 3.63) is 99.3 Å². The molecule has 0 bridgehead atoms. The Hall–Kier alpha value is -3.24. The summed E-state index contributed by atoms with van der Waals surface area (Å²) in [5.41, 5.74) is 0.571. The topological polar surface area (TPSA) is 60.2 Å². The highest BCUT2D eigenvalue weighted by atomic mass is 35.5. The zero-order valence-electron chi connectivity index (χ0n) is 13.5. The van der Waals surface area contributed by atoms with Crippen LogP contribution in [0.25, 0.3) is 22.4 Å². The fourth-order valence-corrected chi connectivity index (χ4v) is 3.03. The summed E-state index contributed by atoms with van der Waals surface area (Å²) in [4.78, 5) is 30.5. The molecule has 0 amide bonds. The SMILES string of the molecule is O=C(c1ccccc1Cl)c1c(-c2ccccn2)oc2ccccc2c1=O. The van der Waals surface area contributed by atoms with Gasteiger partial charge >= 0.3 is 0 Å². The van der Waals surface area contributed by atoms with Crippen molar-refractivity contribution in [3.8, 4) is 11.5 Å². The number of halogens is 1. The summed E-state index contributed by atoms with van der Waals surface area (Å²) in [7, 11) is 0. The van der Waals surface area contributed by atoms with Crippen LogP contribution in [0.4, 0.5) is 0 Å². The molecule has 0 aliphatic carbocycles. The van der Waals surface area contributed by atoms with Crippen LogP contribution in [0.2, 0.25) is 5.02 Å². The summed E-state index contributed by atoms with van der Waals surface area (Å²) in [6, 6.07) is 18.6. The molecule has 0 fully saturated rings. The number of pyridine rings is 1. The van der Waals surface area contributed by atoms with Crippen LogP contribution < -0.4 is 5.43 Å². The Morgan fingerprint density at radius 1 is 0.923 bits per heavy atom. The molecule has 4 aromatic rings. The minimum absolute atomic E-state index is 0.0736. The summed E-state index contributed by atoms with van der Waals surface area (Å²) < 4.78 is 5.92. The Morgan fingerprint density at radius 2 is 1.65 bits per heavy atom. The third-order valence-corrected chi connectivity index (χ3v) is 4.37. The maximum atomic E-state index is 13.2. The van der Waals surface area contributed by atoms with E-state index in [1.807, 2.05) is 0 Å². The summed E-state index contributed by atoms with van der Waals surface area (Å²) in [5, 5.41) is 0.611. The lowest BCUT2D eigenvalue weighted by molar-refractivity contribution is 0.103. The van der Waals surface area contributed by atoms with Crippen molar-refractivity contribution < 1.29 is 9.21 Å². The van der Waals surface area contributed by atoms with E-state index in [2.05, 4.69) is 4.98 Å². The fourth-order valence-electron chi connectivity index (χ4n) is 2.81. The van der Waals surface area contributed by atoms with Crippen molar-refractivity contribution in [2.45, 2.75) is 0 Å². The van der Waals surface area contributed by atoms with Gasteiger partial charge in [0.2, 0.25) is 11.2 Å². The van der Waals surface area contributed by atoms with Crippen LogP contribution in [-0.2, 0) is 0 Å². The predicted molar refractivity (Wildman–Crippen MR) is 101 cm³/mol. The monoisotopic (exact) mass is 361 g/mol. The largest absolute Gasteiger partial charge is 0.453 e. The minimum atomic E-state index is -0.490. The third kappa shape index (κ3) is 2.70. The van der Waals surface area contributed by atoms with Crippen molar-refractivity contribution in [2.24, 2.45) is 0 Å². The lowest BCUT2D eigenvalue weighted by atomic mass is 9.99. The van der Waals surface area contributed by atoms with Gasteiger partial charge in [-0.25, -0.2) is 0 Å². The average molecular weight is 362 g/mol. The maximum Gasteiger partial charge on any atom is 0.204 e. The zero-order valence-corrected chi connectivity index (χ0v) is 14.2. The summed E-state index contributed by atoms with van der Waals surface area (Å²) in [6.07, 6.45) is 1.58. The standard InChI is InChI=1S/C21H12ClNO3/c22-15-9-3-1-7-13(15)19(24)18-20(25)14-8-2-4-11-17(14)26-21(18)16-10-5-6-12-23-16/h1-12H. The van der Waals surface area contributed by atoms with Gasteiger partial charge in [0.25, 0.3) is 0 Å². The van der Waals surface area contributed by atoms with Crippen molar-refractivity contribution in [1.82, 2.24) is 4.98 Å². The molecule has 0 saturated heterocycles. The first-order valence-electron chi connectivity index (χ1n) is 7.93. The van der Waals surface area contributed by atoms with Crippen LogP contribution in [0.3, 0.4) is 0 Å². The van der Waals surface area contributed by atoms with E-state index in [0.29, 0.717) is 16.7 Å². The number of carbonyl (C=O) groups excluding carboxylic acids is 1. The number of benzene rings is 2. The van der Waals surface area contributed by atoms with E-state index in [1.54, 1.807) is 72.9 Å². The number of hydrogen-bond acceptors (Lipinski definition) is 4. The van der Waals surface area contributed by atoms with Gasteiger partial charge in [-0.15, -0.1) is 0 Å². The molecule has 0 N–H and O–H groups in total. The molecule has 0 aliphatic rings. The van der Waals surface area contributed by atoms with Gasteiger partial charge in [-0.05, 0) is 36.4 Å². The van der Waals surface area contributed by atoms with E-state index in [0.717, 1.165) is 0 Å². The molecule has 2 heterocycles. The first-order chi connectivity index (χ1) is 12.7. The van der Waals surface area contributed by atoms with Gasteiger partial charge in [0.15, 0.2) is 5.76 Å². The second kappa shape index (κ2) is 6.58. The zero-order chi connectivity index (χ0) is 18.1. The Kier molecular flexibility index (Phi) is 4.11. The van der Waals surface area contributed by atoms with E-state index in [9.17, 15) is 9.59 Å². The number of nitrogens with zero attached hydrogens (tertiary/aromatic N) is 1. The van der Waals surface area contributed by atoms with Crippen LogP contribution >= 0.6 is 11.6 Å². The molecule has 126 valence electrons. The van der Waals surface area contributed by atoms with Crippen LogP contribution in [0.1, 0.15) is 15.9 Å². The van der Waals surface area contributed by atoms with E-state index in [-0.39, 0.29) is 21.9 Å². The van der Waals surface area contributed by atoms with Gasteiger partial charge in [0, 0.05) is 11.8 Å². The normalized spacial score (nSPS) is 10.8. The quantitative estimate of drug-likeness (QED) is 0.494. The van der Waals surface area contributed by atoms with E-state index < -0.39 is 11.2 Å². The van der Waals surface area contributed by atoms with Gasteiger partial charge in [0.05, 0.1) is 10.4 Å². The summed E-state index contributed by atoms with van der Waals surface area (Å²) >= 11 is 6.17. The molecule has 0 unspecified atom stereocenters. The number of aromatic nitrogens is 1. The number of hydrogen-bond donors (Lipinski definition) is 0. The Balaban J connectivity index is 2.07. The van der Waals surface area contributed by atoms with Crippen molar-refractivity contribution >= 4 is 28.4 Å². The van der Waals surface area contributed by atoms with Crippen molar-refractivity contribution in [1.29, 1.82) is 0 Å². The second-order valence-corrected chi connectivity index (χ2v) is 6.06. The molecule has 2 aromatic heterocycles. The second-order valence-electron chi connectivity index (χ2n) is 5.66. The molecular formula is C21H12ClNO3. The molecule has 0 aliphatic heterocycles. The number of rotatable bonds is 3. The van der Waals surface area contributed by atoms with E-state index >= 15 is 0 Å². The molecule has 5 heteroatoms. The van der Waals surface area contributed by atoms with Crippen molar-refractivity contribution in [2.75, 3.05) is 0 Å². The number of fused-ring (bicyclic) bond motifs is 1. The highest BCUT2D eigenvalue weighted by Gasteiger charge is 2.25. The van der Waals surface area contributed by atoms with Gasteiger partial charge in [0.1, 0.15) is 16.8 Å². The molecule has 0 atom stereocenters. The smallest absolute Gasteiger partial charge is 0.204 e. The average Bonchev–Trinajstić information content (AvgIpc) is 2.68. The maximum absolute atomic E-state index is 13.2. The molecule has 26 heavy (non-hydrogen) atoms. The van der Waals surface area contributed by atoms with Crippen LogP contribution in [0, 0.1) is 0 Å². The first-order valence-corrected chi connectivity index (χ1v) is 8.31. The molecule has 0 radical (unpaired) electrons. The molecule has 0 saturated carbocycles. The van der Waals surface area contributed by atoms with E-state index in [4.69, 9.17) is 16.0 Å². The van der Waals surface area contributed by atoms with Crippen LogP contribution in [0.15, 0.2) is 82.1 Å². The number of ketones is 1. The van der Waals surface area contributed by atoms with Gasteiger partial charge in [-0.3, -0.25) is 14.6 Å². The molecule has 2 aromatic carbocycles. The Bertz CT molecular complexity index is 1180. The highest BCUT2D eigenvalue weighted by molar-refractivity contribution is 6.35. The molecule has 4 nitrogen and oxygen atoms in total. The molecular weight excluding hydrogens is 350 g/mol.